The first-order valence-corrected chi connectivity index (χ1v) is 4.80. The molecule has 0 aliphatic rings. The third kappa shape index (κ3) is 7.06. The fourth-order valence-corrected chi connectivity index (χ4v) is 1.31. The Morgan fingerprint density at radius 2 is 2.00 bits per heavy atom. The Morgan fingerprint density at radius 3 is 2.33 bits per heavy atom. The minimum atomic E-state index is -4.44. The van der Waals surface area contributed by atoms with Crippen LogP contribution in [-0.2, 0) is 14.3 Å². The van der Waals surface area contributed by atoms with Gasteiger partial charge in [-0.1, -0.05) is 0 Å². The van der Waals surface area contributed by atoms with Gasteiger partial charge in [0, 0.05) is 12.7 Å². The Morgan fingerprint density at radius 1 is 1.47 bits per heavy atom. The molecule has 1 unspecified atom stereocenters. The van der Waals surface area contributed by atoms with Crippen molar-refractivity contribution in [2.75, 3.05) is 12.9 Å². The standard InChI is InChI=1S/C7H10F3NO3S/c1-4(12)11-5(6(13)14-2)3-15-7(8,9)10/h5H,3H2,1-2H3,(H,11,12). The Labute approximate surface area is 88.5 Å². The average Bonchev–Trinajstić information content (AvgIpc) is 2.09. The maximum absolute atomic E-state index is 11.8. The molecule has 0 rings (SSSR count). The first-order valence-electron chi connectivity index (χ1n) is 3.82. The lowest BCUT2D eigenvalue weighted by Crippen LogP contribution is -2.42. The van der Waals surface area contributed by atoms with Gasteiger partial charge in [-0.2, -0.15) is 13.2 Å². The summed E-state index contributed by atoms with van der Waals surface area (Å²) in [6.07, 6.45) is 0. The number of halogens is 3. The van der Waals surface area contributed by atoms with Gasteiger partial charge in [0.05, 0.1) is 7.11 Å². The zero-order valence-electron chi connectivity index (χ0n) is 8.05. The number of carbonyl (C=O) groups is 2. The van der Waals surface area contributed by atoms with Crippen LogP contribution in [0.15, 0.2) is 0 Å². The van der Waals surface area contributed by atoms with Crippen LogP contribution in [-0.4, -0.2) is 36.3 Å². The highest BCUT2D eigenvalue weighted by atomic mass is 32.2. The van der Waals surface area contributed by atoms with Gasteiger partial charge >= 0.3 is 11.5 Å². The molecule has 8 heteroatoms. The van der Waals surface area contributed by atoms with Crippen molar-refractivity contribution in [2.24, 2.45) is 0 Å². The van der Waals surface area contributed by atoms with Gasteiger partial charge in [-0.3, -0.25) is 4.79 Å². The van der Waals surface area contributed by atoms with Gasteiger partial charge in [0.2, 0.25) is 5.91 Å². The summed E-state index contributed by atoms with van der Waals surface area (Å²) in [5.74, 6) is -2.09. The van der Waals surface area contributed by atoms with Crippen molar-refractivity contribution in [3.05, 3.63) is 0 Å². The van der Waals surface area contributed by atoms with Crippen LogP contribution in [0.5, 0.6) is 0 Å². The predicted octanol–water partition coefficient (Wildman–Crippen LogP) is 0.917. The Hall–Kier alpha value is -0.920. The fraction of sp³-hybridized carbons (Fsp3) is 0.714. The number of thioether (sulfide) groups is 1. The second-order valence-corrected chi connectivity index (χ2v) is 3.62. The van der Waals surface area contributed by atoms with Crippen LogP contribution in [0.1, 0.15) is 6.92 Å². The number of methoxy groups -OCH3 is 1. The van der Waals surface area contributed by atoms with Crippen molar-refractivity contribution in [1.82, 2.24) is 5.32 Å². The number of ether oxygens (including phenoxy) is 1. The van der Waals surface area contributed by atoms with E-state index in [1.807, 2.05) is 0 Å². The van der Waals surface area contributed by atoms with Crippen LogP contribution in [0.2, 0.25) is 0 Å². The summed E-state index contributed by atoms with van der Waals surface area (Å²) in [5.41, 5.74) is -4.44. The molecular formula is C7H10F3NO3S. The van der Waals surface area contributed by atoms with Crippen LogP contribution in [0.4, 0.5) is 13.2 Å². The van der Waals surface area contributed by atoms with Crippen molar-refractivity contribution in [2.45, 2.75) is 18.5 Å². The highest BCUT2D eigenvalue weighted by Crippen LogP contribution is 2.30. The minimum absolute atomic E-state index is 0.388. The second kappa shape index (κ2) is 5.84. The quantitative estimate of drug-likeness (QED) is 0.748. The van der Waals surface area contributed by atoms with E-state index in [9.17, 15) is 22.8 Å². The molecule has 0 fully saturated rings. The van der Waals surface area contributed by atoms with Gasteiger partial charge in [0.1, 0.15) is 6.04 Å². The molecule has 0 aliphatic heterocycles. The van der Waals surface area contributed by atoms with Crippen molar-refractivity contribution in [3.63, 3.8) is 0 Å². The van der Waals surface area contributed by atoms with Crippen molar-refractivity contribution in [1.29, 1.82) is 0 Å². The van der Waals surface area contributed by atoms with E-state index >= 15 is 0 Å². The topological polar surface area (TPSA) is 55.4 Å². The van der Waals surface area contributed by atoms with Crippen LogP contribution < -0.4 is 5.32 Å². The van der Waals surface area contributed by atoms with Gasteiger partial charge < -0.3 is 10.1 Å². The minimum Gasteiger partial charge on any atom is -0.467 e. The largest absolute Gasteiger partial charge is 0.467 e. The summed E-state index contributed by atoms with van der Waals surface area (Å²) in [4.78, 5) is 21.5. The average molecular weight is 245 g/mol. The molecule has 88 valence electrons. The van der Waals surface area contributed by atoms with Crippen LogP contribution in [0, 0.1) is 0 Å². The summed E-state index contributed by atoms with van der Waals surface area (Å²) in [6.45, 7) is 1.11. The van der Waals surface area contributed by atoms with Gasteiger partial charge in [0.15, 0.2) is 0 Å². The molecule has 1 amide bonds. The first kappa shape index (κ1) is 14.1. The molecule has 0 radical (unpaired) electrons. The maximum Gasteiger partial charge on any atom is 0.441 e. The summed E-state index contributed by atoms with van der Waals surface area (Å²) < 4.78 is 39.7. The molecule has 0 aromatic rings. The SMILES string of the molecule is COC(=O)C(CSC(F)(F)F)NC(C)=O. The molecule has 0 aliphatic carbocycles. The molecule has 1 atom stereocenters. The number of amides is 1. The third-order valence-corrected chi connectivity index (χ3v) is 2.10. The number of alkyl halides is 3. The molecular weight excluding hydrogens is 235 g/mol. The summed E-state index contributed by atoms with van der Waals surface area (Å²) >= 11 is -0.388. The monoisotopic (exact) mass is 245 g/mol. The molecule has 0 saturated carbocycles. The lowest BCUT2D eigenvalue weighted by atomic mass is 10.3. The molecule has 0 heterocycles. The van der Waals surface area contributed by atoms with E-state index in [-0.39, 0.29) is 11.8 Å². The highest BCUT2D eigenvalue weighted by molar-refractivity contribution is 8.00. The fourth-order valence-electron chi connectivity index (χ4n) is 0.734. The molecule has 0 aromatic heterocycles. The molecule has 0 spiro atoms. The third-order valence-electron chi connectivity index (χ3n) is 1.28. The van der Waals surface area contributed by atoms with Gasteiger partial charge in [-0.25, -0.2) is 4.79 Å². The van der Waals surface area contributed by atoms with Gasteiger partial charge in [-0.15, -0.1) is 0 Å². The summed E-state index contributed by atoms with van der Waals surface area (Å²) in [7, 11) is 1.04. The van der Waals surface area contributed by atoms with E-state index < -0.39 is 29.2 Å². The highest BCUT2D eigenvalue weighted by Gasteiger charge is 2.32. The van der Waals surface area contributed by atoms with Crippen molar-refractivity contribution < 1.29 is 27.5 Å². The number of nitrogens with one attached hydrogen (secondary N) is 1. The Bertz CT molecular complexity index is 244. The number of rotatable bonds is 4. The van der Waals surface area contributed by atoms with Crippen molar-refractivity contribution in [3.8, 4) is 0 Å². The number of hydrogen-bond donors (Lipinski definition) is 1. The normalized spacial score (nSPS) is 13.1. The zero-order valence-corrected chi connectivity index (χ0v) is 8.87. The molecule has 15 heavy (non-hydrogen) atoms. The van der Waals surface area contributed by atoms with E-state index in [1.165, 1.54) is 0 Å². The molecule has 4 nitrogen and oxygen atoms in total. The van der Waals surface area contributed by atoms with Gasteiger partial charge in [-0.05, 0) is 11.8 Å². The van der Waals surface area contributed by atoms with E-state index in [4.69, 9.17) is 0 Å². The summed E-state index contributed by atoms with van der Waals surface area (Å²) in [5, 5.41) is 2.07. The number of carbonyl (C=O) groups excluding carboxylic acids is 2. The van der Waals surface area contributed by atoms with Gasteiger partial charge in [0.25, 0.3) is 0 Å². The second-order valence-electron chi connectivity index (χ2n) is 2.53. The predicted molar refractivity (Wildman–Crippen MR) is 48.1 cm³/mol. The van der Waals surface area contributed by atoms with E-state index in [0.29, 0.717) is 0 Å². The van der Waals surface area contributed by atoms with Crippen molar-refractivity contribution >= 4 is 23.6 Å². The number of esters is 1. The molecule has 1 N–H and O–H groups in total. The Balaban J connectivity index is 4.25. The van der Waals surface area contributed by atoms with Crippen LogP contribution in [0.25, 0.3) is 0 Å². The zero-order chi connectivity index (χ0) is 12.1. The lowest BCUT2D eigenvalue weighted by molar-refractivity contribution is -0.144. The Kier molecular flexibility index (Phi) is 5.48. The molecule has 0 aromatic carbocycles. The van der Waals surface area contributed by atoms with E-state index in [0.717, 1.165) is 14.0 Å². The molecule has 0 saturated heterocycles. The molecule has 0 bridgehead atoms. The lowest BCUT2D eigenvalue weighted by Gasteiger charge is -2.15. The smallest absolute Gasteiger partial charge is 0.441 e. The number of hydrogen-bond acceptors (Lipinski definition) is 4. The summed E-state index contributed by atoms with van der Waals surface area (Å²) in [6, 6.07) is -1.28. The first-order chi connectivity index (χ1) is 6.76. The van der Waals surface area contributed by atoms with Crippen LogP contribution in [0.3, 0.4) is 0 Å². The van der Waals surface area contributed by atoms with Crippen LogP contribution >= 0.6 is 11.8 Å². The van der Waals surface area contributed by atoms with E-state index in [2.05, 4.69) is 10.1 Å². The van der Waals surface area contributed by atoms with E-state index in [1.54, 1.807) is 0 Å². The maximum atomic E-state index is 11.8.